The van der Waals surface area contributed by atoms with Gasteiger partial charge in [-0.25, -0.2) is 0 Å². The first-order valence-electron chi connectivity index (χ1n) is 8.50. The van der Waals surface area contributed by atoms with Gasteiger partial charge in [-0.15, -0.1) is 0 Å². The number of rotatable bonds is 6. The van der Waals surface area contributed by atoms with Crippen molar-refractivity contribution in [3.05, 3.63) is 82.8 Å². The highest BCUT2D eigenvalue weighted by molar-refractivity contribution is 8.33. The van der Waals surface area contributed by atoms with Crippen molar-refractivity contribution in [2.75, 3.05) is 7.11 Å². The second kappa shape index (κ2) is 8.91. The summed E-state index contributed by atoms with van der Waals surface area (Å²) < 4.78 is 74.9. The van der Waals surface area contributed by atoms with Gasteiger partial charge >= 0.3 is 15.6 Å². The van der Waals surface area contributed by atoms with E-state index >= 15 is 0 Å². The lowest BCUT2D eigenvalue weighted by Crippen LogP contribution is -2.27. The van der Waals surface area contributed by atoms with E-state index in [1.54, 1.807) is 0 Å². The molecule has 3 aromatic rings. The SMILES string of the molecule is COc1ccc(S(OS(=O)(=O)C(F)(F)F)(c2ccc(Cl)cc2)c2ccc(Cl)cc2)cc1. The van der Waals surface area contributed by atoms with Gasteiger partial charge in [-0.1, -0.05) is 23.2 Å². The zero-order chi connectivity index (χ0) is 22.9. The zero-order valence-electron chi connectivity index (χ0n) is 15.8. The third-order valence-corrected chi connectivity index (χ3v) is 9.57. The third-order valence-electron chi connectivity index (χ3n) is 4.16. The van der Waals surface area contributed by atoms with Crippen molar-refractivity contribution >= 4 is 43.6 Å². The molecular formula is C20H15Cl2F3O4S2. The molecule has 0 unspecified atom stereocenters. The second-order valence-electron chi connectivity index (χ2n) is 6.11. The molecule has 0 bridgehead atoms. The van der Waals surface area contributed by atoms with Crippen LogP contribution in [-0.2, 0) is 13.7 Å². The average molecular weight is 511 g/mol. The fourth-order valence-corrected chi connectivity index (χ4v) is 7.67. The fraction of sp³-hybridized carbons (Fsp3) is 0.100. The molecule has 0 amide bonds. The quantitative estimate of drug-likeness (QED) is 0.333. The molecule has 0 aromatic heterocycles. The molecule has 11 heteroatoms. The van der Waals surface area contributed by atoms with Gasteiger partial charge in [0.15, 0.2) is 0 Å². The number of methoxy groups -OCH3 is 1. The highest BCUT2D eigenvalue weighted by Crippen LogP contribution is 2.70. The first-order valence-corrected chi connectivity index (χ1v) is 12.2. The van der Waals surface area contributed by atoms with Crippen molar-refractivity contribution in [1.82, 2.24) is 0 Å². The Morgan fingerprint density at radius 2 is 1.06 bits per heavy atom. The van der Waals surface area contributed by atoms with Crippen LogP contribution >= 0.6 is 33.5 Å². The predicted molar refractivity (Wildman–Crippen MR) is 114 cm³/mol. The van der Waals surface area contributed by atoms with Crippen LogP contribution in [0.4, 0.5) is 13.2 Å². The highest BCUT2D eigenvalue weighted by Gasteiger charge is 2.52. The Balaban J connectivity index is 2.39. The van der Waals surface area contributed by atoms with E-state index in [1.807, 2.05) is 0 Å². The van der Waals surface area contributed by atoms with Gasteiger partial charge in [0.25, 0.3) is 0 Å². The summed E-state index contributed by atoms with van der Waals surface area (Å²) in [6.45, 7) is 0. The van der Waals surface area contributed by atoms with Gasteiger partial charge in [0, 0.05) is 24.7 Å². The van der Waals surface area contributed by atoms with Crippen molar-refractivity contribution in [2.24, 2.45) is 0 Å². The summed E-state index contributed by atoms with van der Waals surface area (Å²) in [6.07, 6.45) is 0. The molecule has 0 aliphatic carbocycles. The standard InChI is InChI=1S/C20H15Cl2F3O4S2/c1-28-16-6-12-19(13-7-16)30(17-8-2-14(21)3-9-17,18-10-4-15(22)5-11-18)29-31(26,27)20(23,24)25/h2-13H,1H3. The normalized spacial score (nSPS) is 13.1. The third kappa shape index (κ3) is 4.80. The van der Waals surface area contributed by atoms with E-state index in [-0.39, 0.29) is 14.7 Å². The molecule has 0 fully saturated rings. The van der Waals surface area contributed by atoms with Crippen LogP contribution in [0.15, 0.2) is 87.5 Å². The minimum Gasteiger partial charge on any atom is -0.497 e. The summed E-state index contributed by atoms with van der Waals surface area (Å²) in [4.78, 5) is 0.584. The average Bonchev–Trinajstić information content (AvgIpc) is 2.72. The number of ether oxygens (including phenoxy) is 1. The topological polar surface area (TPSA) is 52.6 Å². The lowest BCUT2D eigenvalue weighted by molar-refractivity contribution is -0.0496. The van der Waals surface area contributed by atoms with Gasteiger partial charge in [-0.05, 0) is 83.1 Å². The smallest absolute Gasteiger partial charge is 0.497 e. The van der Waals surface area contributed by atoms with Crippen molar-refractivity contribution < 1.29 is 30.0 Å². The van der Waals surface area contributed by atoms with Crippen molar-refractivity contribution in [1.29, 1.82) is 0 Å². The maximum atomic E-state index is 13.4. The van der Waals surface area contributed by atoms with E-state index in [1.165, 1.54) is 79.9 Å². The Hall–Kier alpha value is -1.91. The Kier molecular flexibility index (Phi) is 6.83. The van der Waals surface area contributed by atoms with E-state index in [4.69, 9.17) is 31.6 Å². The van der Waals surface area contributed by atoms with Gasteiger partial charge in [0.1, 0.15) is 5.75 Å². The molecule has 31 heavy (non-hydrogen) atoms. The lowest BCUT2D eigenvalue weighted by atomic mass is 10.3. The molecular weight excluding hydrogens is 496 g/mol. The van der Waals surface area contributed by atoms with Crippen LogP contribution in [-0.4, -0.2) is 21.0 Å². The molecule has 0 aliphatic heterocycles. The lowest BCUT2D eigenvalue weighted by Gasteiger charge is -2.39. The molecule has 0 spiro atoms. The molecule has 166 valence electrons. The summed E-state index contributed by atoms with van der Waals surface area (Å²) in [6, 6.07) is 17.5. The molecule has 0 saturated carbocycles. The van der Waals surface area contributed by atoms with Crippen LogP contribution in [0.3, 0.4) is 0 Å². The largest absolute Gasteiger partial charge is 0.524 e. The van der Waals surface area contributed by atoms with Gasteiger partial charge in [-0.2, -0.15) is 25.2 Å². The monoisotopic (exact) mass is 510 g/mol. The molecule has 0 N–H and O–H groups in total. The van der Waals surface area contributed by atoms with Gasteiger partial charge in [-0.3, -0.25) is 0 Å². The van der Waals surface area contributed by atoms with Crippen LogP contribution < -0.4 is 4.74 Å². The number of hydrogen-bond acceptors (Lipinski definition) is 4. The van der Waals surface area contributed by atoms with Crippen LogP contribution in [0.2, 0.25) is 10.0 Å². The molecule has 3 rings (SSSR count). The van der Waals surface area contributed by atoms with Gasteiger partial charge in [0.2, 0.25) is 0 Å². The molecule has 0 heterocycles. The Labute approximate surface area is 189 Å². The Morgan fingerprint density at radius 1 is 0.710 bits per heavy atom. The molecule has 0 saturated heterocycles. The first-order chi connectivity index (χ1) is 14.5. The number of hydrogen-bond donors (Lipinski definition) is 0. The summed E-state index contributed by atoms with van der Waals surface area (Å²) in [7, 11) is -7.98. The van der Waals surface area contributed by atoms with Crippen LogP contribution in [0.5, 0.6) is 5.75 Å². The molecule has 0 radical (unpaired) electrons. The van der Waals surface area contributed by atoms with Crippen LogP contribution in [0, 0.1) is 0 Å². The molecule has 3 aromatic carbocycles. The summed E-state index contributed by atoms with van der Waals surface area (Å²) in [5, 5.41) is 0.642. The second-order valence-corrected chi connectivity index (χ2v) is 11.4. The Morgan fingerprint density at radius 3 is 1.39 bits per heavy atom. The predicted octanol–water partition coefficient (Wildman–Crippen LogP) is 7.06. The van der Waals surface area contributed by atoms with E-state index in [9.17, 15) is 21.6 Å². The number of halogens is 5. The van der Waals surface area contributed by atoms with E-state index in [0.717, 1.165) is 0 Å². The molecule has 0 atom stereocenters. The highest BCUT2D eigenvalue weighted by atomic mass is 35.5. The van der Waals surface area contributed by atoms with E-state index < -0.39 is 25.9 Å². The van der Waals surface area contributed by atoms with E-state index in [0.29, 0.717) is 15.8 Å². The molecule has 0 aliphatic rings. The summed E-state index contributed by atoms with van der Waals surface area (Å²) >= 11 is 11.9. The van der Waals surface area contributed by atoms with Crippen LogP contribution in [0.25, 0.3) is 0 Å². The van der Waals surface area contributed by atoms with E-state index in [2.05, 4.69) is 0 Å². The molecule has 4 nitrogen and oxygen atoms in total. The van der Waals surface area contributed by atoms with Crippen molar-refractivity contribution in [3.8, 4) is 5.75 Å². The van der Waals surface area contributed by atoms with Crippen LogP contribution in [0.1, 0.15) is 0 Å². The minimum absolute atomic E-state index is 0.192. The summed E-state index contributed by atoms with van der Waals surface area (Å²) in [5.41, 5.74) is -5.63. The first kappa shape index (κ1) is 23.7. The van der Waals surface area contributed by atoms with Crippen molar-refractivity contribution in [3.63, 3.8) is 0 Å². The zero-order valence-corrected chi connectivity index (χ0v) is 18.9. The van der Waals surface area contributed by atoms with Gasteiger partial charge < -0.3 is 4.74 Å². The Bertz CT molecular complexity index is 1100. The number of benzene rings is 3. The maximum absolute atomic E-state index is 13.4. The fourth-order valence-electron chi connectivity index (χ4n) is 2.72. The number of alkyl halides is 3. The van der Waals surface area contributed by atoms with Gasteiger partial charge in [0.05, 0.1) is 7.11 Å². The van der Waals surface area contributed by atoms with Crippen molar-refractivity contribution in [2.45, 2.75) is 20.2 Å². The minimum atomic E-state index is -6.00. The summed E-state index contributed by atoms with van der Waals surface area (Å²) in [5.74, 6) is 0.433. The maximum Gasteiger partial charge on any atom is 0.524 e.